The van der Waals surface area contributed by atoms with E-state index in [1.54, 1.807) is 18.2 Å². The van der Waals surface area contributed by atoms with Crippen molar-refractivity contribution in [2.45, 2.75) is 36.1 Å². The SMILES string of the molecule is O=C(O)C1(N=C2NS(=O)(=O)c3ccccc32)CCCC1. The second-order valence-electron chi connectivity index (χ2n) is 5.11. The number of carboxylic acid groups (broad SMARTS) is 1. The van der Waals surface area contributed by atoms with E-state index in [4.69, 9.17) is 0 Å². The van der Waals surface area contributed by atoms with E-state index < -0.39 is 21.5 Å². The van der Waals surface area contributed by atoms with Gasteiger partial charge in [-0.25, -0.2) is 18.2 Å². The minimum atomic E-state index is -3.62. The van der Waals surface area contributed by atoms with Gasteiger partial charge in [0.1, 0.15) is 5.84 Å². The number of benzene rings is 1. The quantitative estimate of drug-likeness (QED) is 0.854. The van der Waals surface area contributed by atoms with Crippen molar-refractivity contribution in [1.29, 1.82) is 0 Å². The molecule has 1 aliphatic heterocycles. The van der Waals surface area contributed by atoms with E-state index in [0.717, 1.165) is 12.8 Å². The molecule has 2 aliphatic rings. The van der Waals surface area contributed by atoms with Gasteiger partial charge >= 0.3 is 5.97 Å². The fraction of sp³-hybridized carbons (Fsp3) is 0.385. The number of nitrogens with zero attached hydrogens (tertiary/aromatic N) is 1. The lowest BCUT2D eigenvalue weighted by atomic mass is 9.98. The van der Waals surface area contributed by atoms with Crippen LogP contribution in [-0.4, -0.2) is 30.9 Å². The van der Waals surface area contributed by atoms with Gasteiger partial charge in [-0.3, -0.25) is 4.72 Å². The van der Waals surface area contributed by atoms with Crippen molar-refractivity contribution in [2.75, 3.05) is 0 Å². The van der Waals surface area contributed by atoms with Crippen LogP contribution in [0.15, 0.2) is 34.2 Å². The maximum Gasteiger partial charge on any atom is 0.331 e. The van der Waals surface area contributed by atoms with Gasteiger partial charge in [0.05, 0.1) is 4.90 Å². The fourth-order valence-corrected chi connectivity index (χ4v) is 4.00. The van der Waals surface area contributed by atoms with Crippen LogP contribution in [0.25, 0.3) is 0 Å². The number of fused-ring (bicyclic) bond motifs is 1. The maximum absolute atomic E-state index is 12.0. The lowest BCUT2D eigenvalue weighted by Crippen LogP contribution is -2.36. The van der Waals surface area contributed by atoms with Crippen molar-refractivity contribution < 1.29 is 18.3 Å². The molecule has 1 aliphatic carbocycles. The van der Waals surface area contributed by atoms with Gasteiger partial charge in [-0.05, 0) is 25.0 Å². The van der Waals surface area contributed by atoms with Crippen LogP contribution in [0.1, 0.15) is 31.2 Å². The molecular formula is C13H14N2O4S. The standard InChI is InChI=1S/C13H14N2O4S/c16-12(17)13(7-3-4-8-13)14-11-9-5-1-2-6-10(9)20(18,19)15-11/h1-2,5-6H,3-4,7-8H2,(H,14,15)(H,16,17). The lowest BCUT2D eigenvalue weighted by Gasteiger charge is -2.19. The maximum atomic E-state index is 12.0. The first-order valence-corrected chi connectivity index (χ1v) is 7.88. The Morgan fingerprint density at radius 1 is 1.25 bits per heavy atom. The predicted octanol–water partition coefficient (Wildman–Crippen LogP) is 1.12. The molecule has 1 heterocycles. The molecule has 0 saturated heterocycles. The number of amidine groups is 1. The molecule has 0 amide bonds. The largest absolute Gasteiger partial charge is 0.479 e. The Labute approximate surface area is 116 Å². The van der Waals surface area contributed by atoms with Crippen LogP contribution in [-0.2, 0) is 14.8 Å². The minimum absolute atomic E-state index is 0.143. The number of aliphatic imine (C=N–C) groups is 1. The molecule has 106 valence electrons. The van der Waals surface area contributed by atoms with Crippen LogP contribution in [0, 0.1) is 0 Å². The van der Waals surface area contributed by atoms with E-state index in [1.807, 2.05) is 0 Å². The third-order valence-corrected chi connectivity index (χ3v) is 5.21. The third kappa shape index (κ3) is 1.89. The smallest absolute Gasteiger partial charge is 0.331 e. The molecule has 20 heavy (non-hydrogen) atoms. The highest BCUT2D eigenvalue weighted by atomic mass is 32.2. The van der Waals surface area contributed by atoms with Gasteiger partial charge in [-0.2, -0.15) is 0 Å². The fourth-order valence-electron chi connectivity index (χ4n) is 2.76. The molecule has 1 fully saturated rings. The molecule has 2 N–H and O–H groups in total. The summed E-state index contributed by atoms with van der Waals surface area (Å²) >= 11 is 0. The van der Waals surface area contributed by atoms with Gasteiger partial charge in [0, 0.05) is 5.56 Å². The average Bonchev–Trinajstić information content (AvgIpc) is 2.96. The number of carbonyl (C=O) groups is 1. The Bertz CT molecular complexity index is 703. The van der Waals surface area contributed by atoms with Crippen molar-refractivity contribution in [3.63, 3.8) is 0 Å². The van der Waals surface area contributed by atoms with Gasteiger partial charge in [0.2, 0.25) is 0 Å². The van der Waals surface area contributed by atoms with Crippen LogP contribution in [0.2, 0.25) is 0 Å². The van der Waals surface area contributed by atoms with Gasteiger partial charge in [0.15, 0.2) is 5.54 Å². The Morgan fingerprint density at radius 2 is 1.90 bits per heavy atom. The van der Waals surface area contributed by atoms with Crippen LogP contribution in [0.3, 0.4) is 0 Å². The second kappa shape index (κ2) is 4.31. The van der Waals surface area contributed by atoms with Crippen LogP contribution < -0.4 is 4.72 Å². The monoisotopic (exact) mass is 294 g/mol. The zero-order valence-electron chi connectivity index (χ0n) is 10.7. The highest BCUT2D eigenvalue weighted by molar-refractivity contribution is 7.90. The Kier molecular flexibility index (Phi) is 2.82. The van der Waals surface area contributed by atoms with Crippen molar-refractivity contribution in [3.8, 4) is 0 Å². The summed E-state index contributed by atoms with van der Waals surface area (Å²) in [6.07, 6.45) is 2.46. The first-order valence-electron chi connectivity index (χ1n) is 6.40. The zero-order valence-corrected chi connectivity index (χ0v) is 11.5. The molecule has 3 rings (SSSR count). The first-order chi connectivity index (χ1) is 9.45. The van der Waals surface area contributed by atoms with E-state index in [9.17, 15) is 18.3 Å². The number of rotatable bonds is 2. The molecule has 1 aromatic carbocycles. The topological polar surface area (TPSA) is 95.8 Å². The number of sulfonamides is 1. The Morgan fingerprint density at radius 3 is 2.55 bits per heavy atom. The highest BCUT2D eigenvalue weighted by Crippen LogP contribution is 2.35. The molecule has 0 atom stereocenters. The van der Waals surface area contributed by atoms with Crippen LogP contribution in [0.4, 0.5) is 0 Å². The number of carboxylic acids is 1. The summed E-state index contributed by atoms with van der Waals surface area (Å²) in [6.45, 7) is 0. The zero-order chi connectivity index (χ0) is 14.4. The first kappa shape index (κ1) is 13.1. The van der Waals surface area contributed by atoms with E-state index in [1.165, 1.54) is 6.07 Å². The Balaban J connectivity index is 2.13. The molecule has 1 saturated carbocycles. The lowest BCUT2D eigenvalue weighted by molar-refractivity contribution is -0.142. The van der Waals surface area contributed by atoms with Crippen LogP contribution >= 0.6 is 0 Å². The molecule has 0 unspecified atom stereocenters. The Hall–Kier alpha value is -1.89. The van der Waals surface area contributed by atoms with Crippen molar-refractivity contribution in [1.82, 2.24) is 4.72 Å². The van der Waals surface area contributed by atoms with E-state index in [-0.39, 0.29) is 10.7 Å². The molecular weight excluding hydrogens is 280 g/mol. The van der Waals surface area contributed by atoms with E-state index >= 15 is 0 Å². The summed E-state index contributed by atoms with van der Waals surface area (Å²) in [5.41, 5.74) is -0.755. The average molecular weight is 294 g/mol. The summed E-state index contributed by atoms with van der Waals surface area (Å²) in [5.74, 6) is -0.851. The molecule has 0 aromatic heterocycles. The normalized spacial score (nSPS) is 24.3. The van der Waals surface area contributed by atoms with Gasteiger partial charge in [0.25, 0.3) is 10.0 Å². The predicted molar refractivity (Wildman–Crippen MR) is 72.1 cm³/mol. The third-order valence-electron chi connectivity index (χ3n) is 3.82. The molecule has 7 heteroatoms. The number of aliphatic carboxylic acids is 1. The van der Waals surface area contributed by atoms with Crippen molar-refractivity contribution in [2.24, 2.45) is 4.99 Å². The summed E-state index contributed by atoms with van der Waals surface area (Å²) in [6, 6.07) is 6.46. The minimum Gasteiger partial charge on any atom is -0.479 e. The summed E-state index contributed by atoms with van der Waals surface area (Å²) < 4.78 is 26.3. The van der Waals surface area contributed by atoms with Crippen molar-refractivity contribution in [3.05, 3.63) is 29.8 Å². The van der Waals surface area contributed by atoms with Gasteiger partial charge < -0.3 is 5.11 Å². The summed E-state index contributed by atoms with van der Waals surface area (Å²) in [4.78, 5) is 15.9. The van der Waals surface area contributed by atoms with Crippen LogP contribution in [0.5, 0.6) is 0 Å². The summed E-state index contributed by atoms with van der Waals surface area (Å²) in [7, 11) is -3.62. The molecule has 1 aromatic rings. The number of hydrogen-bond donors (Lipinski definition) is 2. The summed E-state index contributed by atoms with van der Waals surface area (Å²) in [5, 5.41) is 9.42. The van der Waals surface area contributed by atoms with E-state index in [2.05, 4.69) is 9.71 Å². The van der Waals surface area contributed by atoms with E-state index in [0.29, 0.717) is 18.4 Å². The highest BCUT2D eigenvalue weighted by Gasteiger charge is 2.43. The molecule has 0 bridgehead atoms. The van der Waals surface area contributed by atoms with Gasteiger partial charge in [-0.1, -0.05) is 25.0 Å². The van der Waals surface area contributed by atoms with Gasteiger partial charge in [-0.15, -0.1) is 0 Å². The number of hydrogen-bond acceptors (Lipinski definition) is 4. The van der Waals surface area contributed by atoms with Crippen molar-refractivity contribution >= 4 is 21.8 Å². The molecule has 6 nitrogen and oxygen atoms in total. The number of nitrogens with one attached hydrogen (secondary N) is 1. The molecule has 0 radical (unpaired) electrons. The molecule has 0 spiro atoms. The second-order valence-corrected chi connectivity index (χ2v) is 6.76.